The van der Waals surface area contributed by atoms with E-state index in [4.69, 9.17) is 16.3 Å². The molecule has 0 aliphatic heterocycles. The van der Waals surface area contributed by atoms with E-state index in [-0.39, 0.29) is 6.61 Å². The van der Waals surface area contributed by atoms with Crippen LogP contribution in [-0.2, 0) is 9.53 Å². The molecule has 0 aliphatic carbocycles. The Morgan fingerprint density at radius 3 is 2.62 bits per heavy atom. The van der Waals surface area contributed by atoms with Crippen molar-refractivity contribution in [1.82, 2.24) is 4.98 Å². The van der Waals surface area contributed by atoms with Crippen molar-refractivity contribution >= 4 is 40.1 Å². The summed E-state index contributed by atoms with van der Waals surface area (Å²) in [6.45, 7) is -0.357. The van der Waals surface area contributed by atoms with Crippen LogP contribution in [-0.4, -0.2) is 23.5 Å². The van der Waals surface area contributed by atoms with Crippen LogP contribution in [0.4, 0.5) is 5.69 Å². The van der Waals surface area contributed by atoms with E-state index in [9.17, 15) is 9.59 Å². The number of amides is 1. The summed E-state index contributed by atoms with van der Waals surface area (Å²) >= 11 is 5.82. The van der Waals surface area contributed by atoms with E-state index in [0.717, 1.165) is 5.39 Å². The molecule has 2 aromatic carbocycles. The summed E-state index contributed by atoms with van der Waals surface area (Å²) in [4.78, 5) is 28.0. The predicted molar refractivity (Wildman–Crippen MR) is 92.1 cm³/mol. The molecule has 0 radical (unpaired) electrons. The molecule has 0 fully saturated rings. The molecule has 3 rings (SSSR count). The van der Waals surface area contributed by atoms with Crippen molar-refractivity contribution in [3.63, 3.8) is 0 Å². The van der Waals surface area contributed by atoms with Gasteiger partial charge in [-0.1, -0.05) is 29.8 Å². The Hall–Kier alpha value is -2.92. The van der Waals surface area contributed by atoms with Crippen LogP contribution in [0.2, 0.25) is 5.15 Å². The quantitative estimate of drug-likeness (QED) is 0.581. The highest BCUT2D eigenvalue weighted by atomic mass is 35.5. The summed E-state index contributed by atoms with van der Waals surface area (Å²) in [6.07, 6.45) is 0. The van der Waals surface area contributed by atoms with Crippen LogP contribution < -0.4 is 5.32 Å². The fourth-order valence-electron chi connectivity index (χ4n) is 2.16. The van der Waals surface area contributed by atoms with E-state index in [1.807, 2.05) is 6.07 Å². The number of carbonyl (C=O) groups excluding carboxylic acids is 2. The summed E-state index contributed by atoms with van der Waals surface area (Å²) in [5.41, 5.74) is 1.67. The Morgan fingerprint density at radius 2 is 1.83 bits per heavy atom. The monoisotopic (exact) mass is 340 g/mol. The standard InChI is InChI=1S/C18H13ClN2O3/c19-16-9-7-12-10-13(6-8-15(12)21-16)18(23)24-11-17(22)20-14-4-2-1-3-5-14/h1-10H,11H2,(H,20,22). The van der Waals surface area contributed by atoms with Gasteiger partial charge in [0.2, 0.25) is 0 Å². The molecule has 24 heavy (non-hydrogen) atoms. The van der Waals surface area contributed by atoms with Gasteiger partial charge in [-0.3, -0.25) is 4.79 Å². The van der Waals surface area contributed by atoms with Crippen molar-refractivity contribution in [2.75, 3.05) is 11.9 Å². The number of nitrogens with zero attached hydrogens (tertiary/aromatic N) is 1. The van der Waals surface area contributed by atoms with E-state index in [1.54, 1.807) is 54.6 Å². The van der Waals surface area contributed by atoms with Crippen molar-refractivity contribution in [2.24, 2.45) is 0 Å². The molecule has 0 unspecified atom stereocenters. The number of ether oxygens (including phenoxy) is 1. The molecule has 0 atom stereocenters. The SMILES string of the molecule is O=C(COC(=O)c1ccc2nc(Cl)ccc2c1)Nc1ccccc1. The van der Waals surface area contributed by atoms with E-state index in [0.29, 0.717) is 21.9 Å². The average molecular weight is 341 g/mol. The topological polar surface area (TPSA) is 68.3 Å². The molecular formula is C18H13ClN2O3. The number of rotatable bonds is 4. The van der Waals surface area contributed by atoms with E-state index >= 15 is 0 Å². The van der Waals surface area contributed by atoms with Crippen LogP contribution in [0, 0.1) is 0 Å². The molecule has 1 aromatic heterocycles. The maximum atomic E-state index is 12.1. The Morgan fingerprint density at radius 1 is 1.04 bits per heavy atom. The number of nitrogens with one attached hydrogen (secondary N) is 1. The van der Waals surface area contributed by atoms with Gasteiger partial charge in [0.05, 0.1) is 11.1 Å². The fraction of sp³-hybridized carbons (Fsp3) is 0.0556. The minimum atomic E-state index is -0.574. The molecule has 5 nitrogen and oxygen atoms in total. The third-order valence-corrected chi connectivity index (χ3v) is 3.49. The largest absolute Gasteiger partial charge is 0.452 e. The molecule has 3 aromatic rings. The highest BCUT2D eigenvalue weighted by Crippen LogP contribution is 2.17. The second-order valence-electron chi connectivity index (χ2n) is 5.03. The second kappa shape index (κ2) is 7.10. The van der Waals surface area contributed by atoms with Gasteiger partial charge in [-0.15, -0.1) is 0 Å². The van der Waals surface area contributed by atoms with Crippen molar-refractivity contribution in [3.8, 4) is 0 Å². The van der Waals surface area contributed by atoms with E-state index in [1.165, 1.54) is 0 Å². The van der Waals surface area contributed by atoms with Gasteiger partial charge in [0.15, 0.2) is 6.61 Å². The molecule has 0 saturated heterocycles. The number of anilines is 1. The van der Waals surface area contributed by atoms with Gasteiger partial charge >= 0.3 is 5.97 Å². The molecule has 0 saturated carbocycles. The third kappa shape index (κ3) is 3.88. The Kier molecular flexibility index (Phi) is 4.72. The summed E-state index contributed by atoms with van der Waals surface area (Å²) < 4.78 is 5.04. The highest BCUT2D eigenvalue weighted by molar-refractivity contribution is 6.29. The zero-order valence-corrected chi connectivity index (χ0v) is 13.3. The van der Waals surface area contributed by atoms with Crippen molar-refractivity contribution in [2.45, 2.75) is 0 Å². The summed E-state index contributed by atoms with van der Waals surface area (Å²) in [6, 6.07) is 17.3. The number of esters is 1. The Balaban J connectivity index is 1.62. The van der Waals surface area contributed by atoms with E-state index < -0.39 is 11.9 Å². The molecule has 120 valence electrons. The first-order valence-electron chi connectivity index (χ1n) is 7.20. The van der Waals surface area contributed by atoms with Gasteiger partial charge in [-0.25, -0.2) is 9.78 Å². The van der Waals surface area contributed by atoms with Crippen molar-refractivity contribution in [3.05, 3.63) is 71.4 Å². The number of hydrogen-bond acceptors (Lipinski definition) is 4. The van der Waals surface area contributed by atoms with Crippen LogP contribution in [0.3, 0.4) is 0 Å². The molecule has 1 N–H and O–H groups in total. The number of benzene rings is 2. The lowest BCUT2D eigenvalue weighted by Crippen LogP contribution is -2.20. The summed E-state index contributed by atoms with van der Waals surface area (Å²) in [5.74, 6) is -0.973. The van der Waals surface area contributed by atoms with Crippen LogP contribution in [0.1, 0.15) is 10.4 Å². The molecule has 1 amide bonds. The minimum absolute atomic E-state index is 0.346. The lowest BCUT2D eigenvalue weighted by molar-refractivity contribution is -0.119. The third-order valence-electron chi connectivity index (χ3n) is 3.28. The van der Waals surface area contributed by atoms with Crippen LogP contribution in [0.15, 0.2) is 60.7 Å². The highest BCUT2D eigenvalue weighted by Gasteiger charge is 2.11. The molecular weight excluding hydrogens is 328 g/mol. The van der Waals surface area contributed by atoms with Gasteiger partial charge in [-0.2, -0.15) is 0 Å². The number of para-hydroxylation sites is 1. The number of hydrogen-bond donors (Lipinski definition) is 1. The van der Waals surface area contributed by atoms with Gasteiger partial charge in [0.25, 0.3) is 5.91 Å². The lowest BCUT2D eigenvalue weighted by atomic mass is 10.1. The summed E-state index contributed by atoms with van der Waals surface area (Å²) in [7, 11) is 0. The first-order valence-corrected chi connectivity index (χ1v) is 7.58. The van der Waals surface area contributed by atoms with Gasteiger partial charge in [0.1, 0.15) is 5.15 Å². The smallest absolute Gasteiger partial charge is 0.338 e. The molecule has 0 bridgehead atoms. The van der Waals surface area contributed by atoms with Crippen LogP contribution >= 0.6 is 11.6 Å². The van der Waals surface area contributed by atoms with Gasteiger partial charge in [-0.05, 0) is 42.5 Å². The Labute approximate surface area is 143 Å². The number of halogens is 1. The average Bonchev–Trinajstić information content (AvgIpc) is 2.60. The minimum Gasteiger partial charge on any atom is -0.452 e. The molecule has 6 heteroatoms. The van der Waals surface area contributed by atoms with Crippen LogP contribution in [0.25, 0.3) is 10.9 Å². The van der Waals surface area contributed by atoms with Gasteiger partial charge < -0.3 is 10.1 Å². The summed E-state index contributed by atoms with van der Waals surface area (Å²) in [5, 5.41) is 3.79. The van der Waals surface area contributed by atoms with Crippen molar-refractivity contribution < 1.29 is 14.3 Å². The normalized spacial score (nSPS) is 10.4. The van der Waals surface area contributed by atoms with Gasteiger partial charge in [0, 0.05) is 11.1 Å². The fourth-order valence-corrected chi connectivity index (χ4v) is 2.31. The first-order chi connectivity index (χ1) is 11.6. The lowest BCUT2D eigenvalue weighted by Gasteiger charge is -2.07. The molecule has 0 aliphatic rings. The number of fused-ring (bicyclic) bond motifs is 1. The molecule has 1 heterocycles. The van der Waals surface area contributed by atoms with E-state index in [2.05, 4.69) is 10.3 Å². The molecule has 0 spiro atoms. The van der Waals surface area contributed by atoms with Crippen LogP contribution in [0.5, 0.6) is 0 Å². The number of pyridine rings is 1. The predicted octanol–water partition coefficient (Wildman–Crippen LogP) is 3.68. The number of aromatic nitrogens is 1. The first kappa shape index (κ1) is 16.0. The maximum absolute atomic E-state index is 12.1. The second-order valence-corrected chi connectivity index (χ2v) is 5.42. The maximum Gasteiger partial charge on any atom is 0.338 e. The number of carbonyl (C=O) groups is 2. The Bertz CT molecular complexity index is 897. The zero-order valence-electron chi connectivity index (χ0n) is 12.5. The van der Waals surface area contributed by atoms with Crippen molar-refractivity contribution in [1.29, 1.82) is 0 Å². The zero-order chi connectivity index (χ0) is 16.9.